The van der Waals surface area contributed by atoms with Crippen molar-refractivity contribution in [3.8, 4) is 0 Å². The molecule has 0 bridgehead atoms. The van der Waals surface area contributed by atoms with E-state index in [2.05, 4.69) is 9.55 Å². The maximum Gasteiger partial charge on any atom is 0.238 e. The van der Waals surface area contributed by atoms with E-state index >= 15 is 0 Å². The topological polar surface area (TPSA) is 98.3 Å². The van der Waals surface area contributed by atoms with E-state index in [0.29, 0.717) is 18.2 Å². The molecule has 1 unspecified atom stereocenters. The number of benzene rings is 1. The molecule has 0 spiro atoms. The van der Waals surface area contributed by atoms with E-state index in [1.165, 1.54) is 30.7 Å². The molecule has 0 saturated heterocycles. The zero-order chi connectivity index (χ0) is 18.5. The number of amides is 1. The van der Waals surface area contributed by atoms with Gasteiger partial charge in [-0.25, -0.2) is 18.5 Å². The number of carbonyl (C=O) groups excluding carboxylic acids is 1. The average molecular weight is 393 g/mol. The van der Waals surface area contributed by atoms with E-state index in [1.807, 2.05) is 13.1 Å². The number of imidazole rings is 1. The van der Waals surface area contributed by atoms with Crippen molar-refractivity contribution in [3.05, 3.63) is 36.2 Å². The van der Waals surface area contributed by atoms with Gasteiger partial charge in [-0.1, -0.05) is 11.8 Å². The molecule has 1 amide bonds. The number of rotatable bonds is 5. The quantitative estimate of drug-likeness (QED) is 0.784. The lowest BCUT2D eigenvalue weighted by molar-refractivity contribution is -0.116. The molecule has 2 N–H and O–H groups in total. The van der Waals surface area contributed by atoms with Crippen LogP contribution in [0.1, 0.15) is 31.4 Å². The summed E-state index contributed by atoms with van der Waals surface area (Å²) in [7, 11) is -3.75. The van der Waals surface area contributed by atoms with Crippen molar-refractivity contribution < 1.29 is 13.2 Å². The summed E-state index contributed by atoms with van der Waals surface area (Å²) >= 11 is 1.45. The highest BCUT2D eigenvalue weighted by Gasteiger charge is 2.32. The number of thioether (sulfide) groups is 1. The van der Waals surface area contributed by atoms with E-state index in [9.17, 15) is 13.2 Å². The minimum absolute atomic E-state index is 0.00467. The van der Waals surface area contributed by atoms with Crippen LogP contribution in [0.5, 0.6) is 0 Å². The van der Waals surface area contributed by atoms with Gasteiger partial charge in [-0.05, 0) is 49.9 Å². The average Bonchev–Trinajstić information content (AvgIpc) is 3.21. The van der Waals surface area contributed by atoms with Crippen LogP contribution < -0.4 is 10.0 Å². The monoisotopic (exact) mass is 392 g/mol. The van der Waals surface area contributed by atoms with Crippen molar-refractivity contribution in [2.24, 2.45) is 5.14 Å². The first kappa shape index (κ1) is 17.6. The van der Waals surface area contributed by atoms with Crippen molar-refractivity contribution in [2.75, 3.05) is 10.7 Å². The molecule has 1 saturated carbocycles. The maximum absolute atomic E-state index is 12.8. The minimum atomic E-state index is -3.75. The van der Waals surface area contributed by atoms with E-state index in [0.717, 1.165) is 16.4 Å². The normalized spacial score (nSPS) is 19.6. The number of hydrogen-bond acceptors (Lipinski definition) is 5. The Labute approximate surface area is 156 Å². The molecule has 4 rings (SSSR count). The number of fused-ring (bicyclic) bond motifs is 1. The molecule has 1 aromatic heterocycles. The molecular weight excluding hydrogens is 372 g/mol. The Morgan fingerprint density at radius 3 is 2.85 bits per heavy atom. The standard InChI is InChI=1S/C17H20N4O3S2/c1-11-8-12-9-14(26(18,23)24)4-5-15(12)21(11)16(22)10-25-17-19-6-7-20(17)13-2-3-13/h4-7,9,11,13H,2-3,8,10H2,1H3,(H2,18,23,24). The van der Waals surface area contributed by atoms with Crippen LogP contribution in [0, 0.1) is 0 Å². The smallest absolute Gasteiger partial charge is 0.238 e. The Kier molecular flexibility index (Phi) is 4.32. The summed E-state index contributed by atoms with van der Waals surface area (Å²) in [5.41, 5.74) is 1.60. The second-order valence-electron chi connectivity index (χ2n) is 6.79. The number of aromatic nitrogens is 2. The molecule has 26 heavy (non-hydrogen) atoms. The summed E-state index contributed by atoms with van der Waals surface area (Å²) in [5, 5.41) is 6.08. The van der Waals surface area contributed by atoms with Gasteiger partial charge in [0.15, 0.2) is 5.16 Å². The molecule has 1 aliphatic heterocycles. The van der Waals surface area contributed by atoms with Crippen LogP contribution in [-0.4, -0.2) is 35.7 Å². The van der Waals surface area contributed by atoms with Gasteiger partial charge in [0.05, 0.1) is 10.6 Å². The van der Waals surface area contributed by atoms with Gasteiger partial charge in [-0.15, -0.1) is 0 Å². The third-order valence-corrected chi connectivity index (χ3v) is 6.64. The summed E-state index contributed by atoms with van der Waals surface area (Å²) in [6.45, 7) is 1.96. The van der Waals surface area contributed by atoms with Gasteiger partial charge >= 0.3 is 0 Å². The molecule has 2 aliphatic rings. The molecule has 138 valence electrons. The van der Waals surface area contributed by atoms with Gasteiger partial charge in [0.1, 0.15) is 0 Å². The van der Waals surface area contributed by atoms with E-state index in [4.69, 9.17) is 5.14 Å². The van der Waals surface area contributed by atoms with Crippen LogP contribution >= 0.6 is 11.8 Å². The number of nitrogens with two attached hydrogens (primary N) is 1. The van der Waals surface area contributed by atoms with Gasteiger partial charge in [-0.2, -0.15) is 0 Å². The first-order chi connectivity index (χ1) is 12.3. The predicted octanol–water partition coefficient (Wildman–Crippen LogP) is 1.94. The van der Waals surface area contributed by atoms with Crippen molar-refractivity contribution in [2.45, 2.75) is 48.3 Å². The zero-order valence-electron chi connectivity index (χ0n) is 14.3. The fourth-order valence-electron chi connectivity index (χ4n) is 3.40. The fourth-order valence-corrected chi connectivity index (χ4v) is 4.85. The lowest BCUT2D eigenvalue weighted by Gasteiger charge is -2.22. The van der Waals surface area contributed by atoms with Crippen LogP contribution in [0.3, 0.4) is 0 Å². The molecule has 1 aliphatic carbocycles. The molecule has 2 heterocycles. The van der Waals surface area contributed by atoms with E-state index in [1.54, 1.807) is 23.2 Å². The number of hydrogen-bond donors (Lipinski definition) is 1. The highest BCUT2D eigenvalue weighted by molar-refractivity contribution is 7.99. The number of carbonyl (C=O) groups is 1. The third kappa shape index (κ3) is 3.26. The lowest BCUT2D eigenvalue weighted by Crippen LogP contribution is -2.37. The number of sulfonamides is 1. The van der Waals surface area contributed by atoms with Crippen LogP contribution in [0.15, 0.2) is 40.6 Å². The van der Waals surface area contributed by atoms with E-state index < -0.39 is 10.0 Å². The summed E-state index contributed by atoms with van der Waals surface area (Å²) in [5.74, 6) is 0.291. The van der Waals surface area contributed by atoms with Gasteiger partial charge < -0.3 is 9.47 Å². The summed E-state index contributed by atoms with van der Waals surface area (Å²) in [4.78, 5) is 19.0. The highest BCUT2D eigenvalue weighted by Crippen LogP contribution is 2.38. The number of nitrogens with zero attached hydrogens (tertiary/aromatic N) is 3. The lowest BCUT2D eigenvalue weighted by atomic mass is 10.1. The first-order valence-electron chi connectivity index (χ1n) is 8.48. The Morgan fingerprint density at radius 2 is 2.15 bits per heavy atom. The molecule has 1 fully saturated rings. The third-order valence-electron chi connectivity index (χ3n) is 4.76. The summed E-state index contributed by atoms with van der Waals surface area (Å²) in [6.07, 6.45) is 6.69. The van der Waals surface area contributed by atoms with Gasteiger partial charge in [0.2, 0.25) is 15.9 Å². The van der Waals surface area contributed by atoms with E-state index in [-0.39, 0.29) is 16.8 Å². The highest BCUT2D eigenvalue weighted by atomic mass is 32.2. The first-order valence-corrected chi connectivity index (χ1v) is 11.0. The predicted molar refractivity (Wildman–Crippen MR) is 99.7 cm³/mol. The largest absolute Gasteiger partial charge is 0.323 e. The van der Waals surface area contributed by atoms with Crippen molar-refractivity contribution in [3.63, 3.8) is 0 Å². The van der Waals surface area contributed by atoms with Gasteiger partial charge in [0, 0.05) is 30.2 Å². The van der Waals surface area contributed by atoms with Crippen molar-refractivity contribution in [1.29, 1.82) is 0 Å². The zero-order valence-corrected chi connectivity index (χ0v) is 16.0. The van der Waals surface area contributed by atoms with Crippen molar-refractivity contribution in [1.82, 2.24) is 9.55 Å². The molecule has 0 radical (unpaired) electrons. The summed E-state index contributed by atoms with van der Waals surface area (Å²) < 4.78 is 25.2. The Bertz CT molecular complexity index is 966. The second kappa shape index (κ2) is 6.40. The molecule has 7 nitrogen and oxygen atoms in total. The van der Waals surface area contributed by atoms with Gasteiger partial charge in [0.25, 0.3) is 0 Å². The molecular formula is C17H20N4O3S2. The molecule has 1 aromatic carbocycles. The van der Waals surface area contributed by atoms with Crippen LogP contribution in [0.4, 0.5) is 5.69 Å². The molecule has 1 atom stereocenters. The van der Waals surface area contributed by atoms with Gasteiger partial charge in [-0.3, -0.25) is 4.79 Å². The van der Waals surface area contributed by atoms with Crippen molar-refractivity contribution >= 4 is 33.4 Å². The number of anilines is 1. The maximum atomic E-state index is 12.8. The Balaban J connectivity index is 1.51. The molecule has 9 heteroatoms. The van der Waals surface area contributed by atoms with Crippen LogP contribution in [-0.2, 0) is 21.2 Å². The summed E-state index contributed by atoms with van der Waals surface area (Å²) in [6, 6.07) is 5.21. The van der Waals surface area contributed by atoms with Crippen LogP contribution in [0.2, 0.25) is 0 Å². The molecule has 2 aromatic rings. The Hall–Kier alpha value is -1.84. The SMILES string of the molecule is CC1Cc2cc(S(N)(=O)=O)ccc2N1C(=O)CSc1nccn1C1CC1. The number of primary sulfonamides is 1. The Morgan fingerprint density at radius 1 is 1.38 bits per heavy atom. The fraction of sp³-hybridized carbons (Fsp3) is 0.412. The van der Waals surface area contributed by atoms with Crippen LogP contribution in [0.25, 0.3) is 0 Å². The minimum Gasteiger partial charge on any atom is -0.323 e. The second-order valence-corrected chi connectivity index (χ2v) is 9.29.